The molecule has 0 N–H and O–H groups in total. The first-order valence-electron chi connectivity index (χ1n) is 11.4. The van der Waals surface area contributed by atoms with Gasteiger partial charge in [0.05, 0.1) is 6.61 Å². The maximum absolute atomic E-state index is 14.5. The normalized spacial score (nSPS) is 28.6. The molecule has 28 heavy (non-hydrogen) atoms. The molecular formula is C25H36ClFO. The van der Waals surface area contributed by atoms with Crippen molar-refractivity contribution in [3.8, 4) is 5.75 Å². The lowest BCUT2D eigenvalue weighted by atomic mass is 9.68. The van der Waals surface area contributed by atoms with Gasteiger partial charge in [-0.15, -0.1) is 0 Å². The van der Waals surface area contributed by atoms with Crippen molar-refractivity contribution >= 4 is 17.7 Å². The Hall–Kier alpha value is -1.02. The molecule has 1 nitrogen and oxygen atoms in total. The standard InChI is InChI=1S/C25H36ClFO/c1-3-5-18-6-11-20(12-7-18)21-13-8-19(9-14-21)10-15-22-16-17-23(28-4-2)24(26)25(22)27/h10,15-21H,3-9,11-14H2,1-2H3. The summed E-state index contributed by atoms with van der Waals surface area (Å²) in [5, 5.41) is 0.0892. The lowest BCUT2D eigenvalue weighted by Crippen LogP contribution is -2.25. The van der Waals surface area contributed by atoms with E-state index in [1.54, 1.807) is 12.1 Å². The topological polar surface area (TPSA) is 9.23 Å². The van der Waals surface area contributed by atoms with E-state index in [4.69, 9.17) is 16.3 Å². The Balaban J connectivity index is 1.49. The van der Waals surface area contributed by atoms with Gasteiger partial charge in [0.2, 0.25) is 0 Å². The van der Waals surface area contributed by atoms with Gasteiger partial charge in [-0.05, 0) is 81.3 Å². The molecule has 0 radical (unpaired) electrons. The van der Waals surface area contributed by atoms with Crippen molar-refractivity contribution in [3.05, 3.63) is 34.6 Å². The second kappa shape index (κ2) is 10.7. The molecule has 1 aromatic rings. The van der Waals surface area contributed by atoms with Gasteiger partial charge in [-0.1, -0.05) is 56.4 Å². The lowest BCUT2D eigenvalue weighted by Gasteiger charge is -2.37. The number of hydrogen-bond donors (Lipinski definition) is 0. The zero-order valence-electron chi connectivity index (χ0n) is 17.6. The smallest absolute Gasteiger partial charge is 0.152 e. The zero-order valence-corrected chi connectivity index (χ0v) is 18.3. The third-order valence-electron chi connectivity index (χ3n) is 7.00. The maximum atomic E-state index is 14.5. The van der Waals surface area contributed by atoms with Gasteiger partial charge in [0.1, 0.15) is 10.8 Å². The summed E-state index contributed by atoms with van der Waals surface area (Å²) >= 11 is 6.10. The van der Waals surface area contributed by atoms with Gasteiger partial charge in [-0.2, -0.15) is 0 Å². The van der Waals surface area contributed by atoms with Gasteiger partial charge in [-0.25, -0.2) is 4.39 Å². The monoisotopic (exact) mass is 406 g/mol. The number of benzene rings is 1. The van der Waals surface area contributed by atoms with E-state index < -0.39 is 0 Å². The number of rotatable bonds is 7. The Morgan fingerprint density at radius 2 is 1.64 bits per heavy atom. The van der Waals surface area contributed by atoms with Crippen LogP contribution in [0.3, 0.4) is 0 Å². The third-order valence-corrected chi connectivity index (χ3v) is 7.35. The molecule has 2 aliphatic rings. The van der Waals surface area contributed by atoms with Crippen LogP contribution in [-0.4, -0.2) is 6.61 Å². The van der Waals surface area contributed by atoms with Crippen molar-refractivity contribution in [2.45, 2.75) is 78.1 Å². The van der Waals surface area contributed by atoms with Crippen LogP contribution >= 0.6 is 11.6 Å². The first-order valence-corrected chi connectivity index (χ1v) is 11.8. The minimum atomic E-state index is -0.374. The molecule has 0 bridgehead atoms. The molecular weight excluding hydrogens is 371 g/mol. The number of halogens is 2. The van der Waals surface area contributed by atoms with Crippen molar-refractivity contribution in [1.82, 2.24) is 0 Å². The van der Waals surface area contributed by atoms with E-state index in [1.165, 1.54) is 64.2 Å². The van der Waals surface area contributed by atoms with E-state index in [-0.39, 0.29) is 10.8 Å². The fourth-order valence-electron chi connectivity index (χ4n) is 5.35. The molecule has 0 saturated heterocycles. The molecule has 2 aliphatic carbocycles. The average molecular weight is 407 g/mol. The van der Waals surface area contributed by atoms with Gasteiger partial charge in [0.15, 0.2) is 5.82 Å². The quantitative estimate of drug-likeness (QED) is 0.442. The lowest BCUT2D eigenvalue weighted by molar-refractivity contribution is 0.152. The Morgan fingerprint density at radius 1 is 1.00 bits per heavy atom. The van der Waals surface area contributed by atoms with Gasteiger partial charge in [-0.3, -0.25) is 0 Å². The SMILES string of the molecule is CCCC1CCC(C2CCC(C=Cc3ccc(OCC)c(Cl)c3F)CC2)CC1. The first kappa shape index (κ1) is 21.7. The number of allylic oxidation sites excluding steroid dienone is 1. The Kier molecular flexibility index (Phi) is 8.26. The Labute approximate surface area is 175 Å². The van der Waals surface area contributed by atoms with Gasteiger partial charge < -0.3 is 4.74 Å². The summed E-state index contributed by atoms with van der Waals surface area (Å²) in [5.74, 6) is 3.49. The molecule has 0 atom stereocenters. The fourth-order valence-corrected chi connectivity index (χ4v) is 5.57. The van der Waals surface area contributed by atoms with Gasteiger partial charge >= 0.3 is 0 Å². The van der Waals surface area contributed by atoms with Crippen molar-refractivity contribution < 1.29 is 9.13 Å². The largest absolute Gasteiger partial charge is 0.492 e. The van der Waals surface area contributed by atoms with E-state index in [0.717, 1.165) is 17.8 Å². The molecule has 0 aliphatic heterocycles. The molecule has 0 aromatic heterocycles. The maximum Gasteiger partial charge on any atom is 0.152 e. The van der Waals surface area contributed by atoms with Crippen LogP contribution in [0.15, 0.2) is 18.2 Å². The summed E-state index contributed by atoms with van der Waals surface area (Å²) < 4.78 is 19.8. The molecule has 2 saturated carbocycles. The molecule has 3 heteroatoms. The summed E-state index contributed by atoms with van der Waals surface area (Å²) in [5.41, 5.74) is 0.560. The predicted octanol–water partition coefficient (Wildman–Crippen LogP) is 8.30. The minimum Gasteiger partial charge on any atom is -0.492 e. The fraction of sp³-hybridized carbons (Fsp3) is 0.680. The van der Waals surface area contributed by atoms with Crippen molar-refractivity contribution in [2.75, 3.05) is 6.61 Å². The minimum absolute atomic E-state index is 0.0892. The molecule has 0 spiro atoms. The summed E-state index contributed by atoms with van der Waals surface area (Å²) in [6, 6.07) is 3.53. The first-order chi connectivity index (χ1) is 13.6. The van der Waals surface area contributed by atoms with E-state index in [2.05, 4.69) is 13.0 Å². The highest BCUT2D eigenvalue weighted by Gasteiger charge is 2.30. The molecule has 0 amide bonds. The second-order valence-electron chi connectivity index (χ2n) is 8.82. The predicted molar refractivity (Wildman–Crippen MR) is 117 cm³/mol. The van der Waals surface area contributed by atoms with Gasteiger partial charge in [0, 0.05) is 5.56 Å². The van der Waals surface area contributed by atoms with Crippen LogP contribution in [0.5, 0.6) is 5.75 Å². The van der Waals surface area contributed by atoms with Crippen LogP contribution in [-0.2, 0) is 0 Å². The van der Waals surface area contributed by atoms with Gasteiger partial charge in [0.25, 0.3) is 0 Å². The van der Waals surface area contributed by atoms with Crippen LogP contribution in [0.1, 0.15) is 83.6 Å². The average Bonchev–Trinajstić information content (AvgIpc) is 2.72. The van der Waals surface area contributed by atoms with E-state index in [9.17, 15) is 4.39 Å². The van der Waals surface area contributed by atoms with E-state index in [1.807, 2.05) is 13.0 Å². The molecule has 156 valence electrons. The molecule has 0 heterocycles. The highest BCUT2D eigenvalue weighted by Crippen LogP contribution is 2.42. The van der Waals surface area contributed by atoms with Crippen LogP contribution in [0, 0.1) is 29.5 Å². The zero-order chi connectivity index (χ0) is 19.9. The van der Waals surface area contributed by atoms with Crippen LogP contribution in [0.4, 0.5) is 4.39 Å². The van der Waals surface area contributed by atoms with Crippen molar-refractivity contribution in [3.63, 3.8) is 0 Å². The van der Waals surface area contributed by atoms with Crippen molar-refractivity contribution in [2.24, 2.45) is 23.7 Å². The number of ether oxygens (including phenoxy) is 1. The molecule has 1 aromatic carbocycles. The van der Waals surface area contributed by atoms with Crippen LogP contribution < -0.4 is 4.74 Å². The molecule has 0 unspecified atom stereocenters. The molecule has 3 rings (SSSR count). The van der Waals surface area contributed by atoms with E-state index in [0.29, 0.717) is 23.8 Å². The van der Waals surface area contributed by atoms with Crippen molar-refractivity contribution in [1.29, 1.82) is 0 Å². The van der Waals surface area contributed by atoms with E-state index >= 15 is 0 Å². The highest BCUT2D eigenvalue weighted by atomic mass is 35.5. The third kappa shape index (κ3) is 5.53. The Morgan fingerprint density at radius 3 is 2.25 bits per heavy atom. The second-order valence-corrected chi connectivity index (χ2v) is 9.20. The summed E-state index contributed by atoms with van der Waals surface area (Å²) in [6.45, 7) is 4.67. The van der Waals surface area contributed by atoms with Crippen LogP contribution in [0.2, 0.25) is 5.02 Å². The summed E-state index contributed by atoms with van der Waals surface area (Å²) in [6.07, 6.45) is 17.8. The molecule has 2 fully saturated rings. The number of hydrogen-bond acceptors (Lipinski definition) is 1. The van der Waals surface area contributed by atoms with Crippen LogP contribution in [0.25, 0.3) is 6.08 Å². The summed E-state index contributed by atoms with van der Waals surface area (Å²) in [7, 11) is 0. The highest BCUT2D eigenvalue weighted by molar-refractivity contribution is 6.32. The Bertz CT molecular complexity index is 640. The summed E-state index contributed by atoms with van der Waals surface area (Å²) in [4.78, 5) is 0.